The number of nitrogens with one attached hydrogen (secondary N) is 6. The van der Waals surface area contributed by atoms with E-state index in [2.05, 4.69) is 36.7 Å². The fraction of sp³-hybridized carbons (Fsp3) is 0.463. The number of carbonyl (C=O) groups is 8. The maximum absolute atomic E-state index is 14.0. The molecule has 23 heteroatoms. The molecule has 6 rings (SSSR count). The van der Waals surface area contributed by atoms with E-state index >= 15 is 0 Å². The molecule has 0 bridgehead atoms. The van der Waals surface area contributed by atoms with Gasteiger partial charge in [0.2, 0.25) is 41.4 Å². The fourth-order valence-electron chi connectivity index (χ4n) is 7.48. The number of imidazole rings is 1. The van der Waals surface area contributed by atoms with Gasteiger partial charge in [-0.25, -0.2) is 4.57 Å². The molecule has 64 heavy (non-hydrogen) atoms. The van der Waals surface area contributed by atoms with Crippen LogP contribution in [0.5, 0.6) is 0 Å². The number of aromatic amines is 1. The molecule has 2 aliphatic rings. The van der Waals surface area contributed by atoms with Crippen molar-refractivity contribution < 1.29 is 52.8 Å². The van der Waals surface area contributed by atoms with Crippen molar-refractivity contribution in [2.75, 3.05) is 24.6 Å². The van der Waals surface area contributed by atoms with Gasteiger partial charge in [-0.15, -0.1) is 4.52 Å². The number of aromatic nitrogens is 4. The molecule has 0 radical (unpaired) electrons. The zero-order chi connectivity index (χ0) is 45.8. The summed E-state index contributed by atoms with van der Waals surface area (Å²) in [6.07, 6.45) is 7.06. The van der Waals surface area contributed by atoms with Crippen LogP contribution in [-0.2, 0) is 56.2 Å². The van der Waals surface area contributed by atoms with Crippen LogP contribution in [0.2, 0.25) is 0 Å². The second kappa shape index (κ2) is 22.4. The van der Waals surface area contributed by atoms with Crippen molar-refractivity contribution in [2.24, 2.45) is 5.73 Å². The van der Waals surface area contributed by atoms with Crippen LogP contribution in [-0.4, -0.2) is 133 Å². The summed E-state index contributed by atoms with van der Waals surface area (Å²) in [4.78, 5) is 110. The lowest BCUT2D eigenvalue weighted by Crippen LogP contribution is -2.58. The Labute approximate surface area is 375 Å². The van der Waals surface area contributed by atoms with Crippen molar-refractivity contribution >= 4 is 85.5 Å². The minimum absolute atomic E-state index is 0.0155. The van der Waals surface area contributed by atoms with Gasteiger partial charge in [0.25, 0.3) is 0 Å². The van der Waals surface area contributed by atoms with Crippen LogP contribution in [0.1, 0.15) is 51.0 Å². The minimum Gasteiger partial charge on any atom is -0.481 e. The van der Waals surface area contributed by atoms with Crippen LogP contribution >= 0.6 is 21.6 Å². The van der Waals surface area contributed by atoms with Crippen molar-refractivity contribution in [3.8, 4) is 0 Å². The monoisotopic (exact) mass is 922 g/mol. The third-order valence-electron chi connectivity index (χ3n) is 10.8. The minimum atomic E-state index is -1.66. The highest BCUT2D eigenvalue weighted by molar-refractivity contribution is 8.76. The van der Waals surface area contributed by atoms with Gasteiger partial charge in [-0.3, -0.25) is 38.4 Å². The molecule has 5 heterocycles. The number of carboxylic acid groups (broad SMARTS) is 1. The highest BCUT2D eigenvalue weighted by Gasteiger charge is 2.43. The van der Waals surface area contributed by atoms with E-state index in [4.69, 9.17) is 10.5 Å². The average molecular weight is 923 g/mol. The van der Waals surface area contributed by atoms with Gasteiger partial charge in [-0.2, -0.15) is 0 Å². The van der Waals surface area contributed by atoms with E-state index in [-0.39, 0.29) is 43.9 Å². The molecule has 21 nitrogen and oxygen atoms in total. The van der Waals surface area contributed by atoms with Crippen LogP contribution in [0.15, 0.2) is 61.2 Å². The number of unbranched alkanes of at least 4 members (excludes halogenated alkanes) is 1. The molecule has 2 aliphatic heterocycles. The number of aliphatic carboxylic acids is 1. The zero-order valence-electron chi connectivity index (χ0n) is 35.0. The maximum Gasteiger partial charge on any atom is 0.307 e. The highest BCUT2D eigenvalue weighted by atomic mass is 33.1. The molecule has 0 aliphatic carbocycles. The van der Waals surface area contributed by atoms with Gasteiger partial charge < -0.3 is 52.0 Å². The van der Waals surface area contributed by atoms with E-state index in [1.54, 1.807) is 16.9 Å². The van der Waals surface area contributed by atoms with Gasteiger partial charge in [0.05, 0.1) is 38.4 Å². The highest BCUT2D eigenvalue weighted by Crippen LogP contribution is 2.27. The number of hydrogen-bond donors (Lipinski definition) is 8. The second-order valence-electron chi connectivity index (χ2n) is 15.5. The smallest absolute Gasteiger partial charge is 0.307 e. The molecule has 9 N–H and O–H groups in total. The number of H-pyrrole nitrogens is 1. The first kappa shape index (κ1) is 47.3. The van der Waals surface area contributed by atoms with Crippen molar-refractivity contribution in [3.05, 3.63) is 66.7 Å². The first-order valence-corrected chi connectivity index (χ1v) is 23.3. The number of nitrogens with two attached hydrogens (primary N) is 1. The van der Waals surface area contributed by atoms with Gasteiger partial charge in [-0.05, 0) is 38.3 Å². The summed E-state index contributed by atoms with van der Waals surface area (Å²) in [5.74, 6) is -6.38. The summed E-state index contributed by atoms with van der Waals surface area (Å²) >= 11 is 0. The summed E-state index contributed by atoms with van der Waals surface area (Å²) in [6, 6.07) is 5.03. The lowest BCUT2D eigenvalue weighted by Gasteiger charge is -2.28. The number of primary amides is 1. The number of benzene rings is 1. The van der Waals surface area contributed by atoms with Crippen LogP contribution in [0.25, 0.3) is 16.6 Å². The maximum atomic E-state index is 14.0. The van der Waals surface area contributed by atoms with E-state index in [0.29, 0.717) is 19.4 Å². The molecule has 1 aromatic carbocycles. The first-order valence-electron chi connectivity index (χ1n) is 20.8. The molecule has 4 aromatic rings. The third kappa shape index (κ3) is 12.7. The van der Waals surface area contributed by atoms with E-state index < -0.39 is 96.6 Å². The average Bonchev–Trinajstić information content (AvgIpc) is 4.01. The van der Waals surface area contributed by atoms with E-state index in [0.717, 1.165) is 22.1 Å². The molecular weight excluding hydrogens is 871 g/mol. The predicted molar refractivity (Wildman–Crippen MR) is 234 cm³/mol. The van der Waals surface area contributed by atoms with Crippen molar-refractivity contribution in [2.45, 2.75) is 94.9 Å². The number of carbonyl (C=O) groups excluding carboxylic acids is 7. The molecule has 2 saturated heterocycles. The molecular formula is C41H52N11O10S2+. The molecule has 0 spiro atoms. The SMILES string of the molecule is C[C@@H]1NC(=O)[C@H](CC(=O)O)NC(=O)CNC(=O)[C@H](CCCC[n+]2ccn3ncccc32)NC(=O)CCSSCC(C(N)=O)NC(=O)C2CC(OCc3c[nH]c4ccccc34)CN2C1=O. The lowest BCUT2D eigenvalue weighted by molar-refractivity contribution is -0.671. The van der Waals surface area contributed by atoms with Crippen LogP contribution in [0, 0.1) is 0 Å². The van der Waals surface area contributed by atoms with Crippen LogP contribution in [0.3, 0.4) is 0 Å². The lowest BCUT2D eigenvalue weighted by atomic mass is 10.1. The van der Waals surface area contributed by atoms with E-state index in [1.165, 1.54) is 33.4 Å². The van der Waals surface area contributed by atoms with Crippen molar-refractivity contribution in [1.82, 2.24) is 46.1 Å². The number of carboxylic acids is 1. The summed E-state index contributed by atoms with van der Waals surface area (Å²) in [5, 5.41) is 27.5. The number of hydrogen-bond acceptors (Lipinski definition) is 12. The van der Waals surface area contributed by atoms with Crippen LogP contribution in [0.4, 0.5) is 0 Å². The Hall–Kier alpha value is -6.20. The van der Waals surface area contributed by atoms with Gasteiger partial charge >= 0.3 is 11.6 Å². The van der Waals surface area contributed by atoms with E-state index in [9.17, 15) is 43.5 Å². The summed E-state index contributed by atoms with van der Waals surface area (Å²) in [6.45, 7) is 1.38. The zero-order valence-corrected chi connectivity index (χ0v) is 36.7. The number of ether oxygens (including phenoxy) is 1. The Balaban J connectivity index is 1.15. The quantitative estimate of drug-likeness (QED) is 0.0525. The summed E-state index contributed by atoms with van der Waals surface area (Å²) < 4.78 is 9.94. The topological polar surface area (TPSA) is 292 Å². The number of para-hydroxylation sites is 1. The molecule has 3 aromatic heterocycles. The number of rotatable bonds is 11. The number of fused-ring (bicyclic) bond motifs is 3. The van der Waals surface area contributed by atoms with E-state index in [1.807, 2.05) is 53.4 Å². The van der Waals surface area contributed by atoms with Crippen molar-refractivity contribution in [1.29, 1.82) is 0 Å². The Morgan fingerprint density at radius 1 is 0.953 bits per heavy atom. The van der Waals surface area contributed by atoms with Crippen LogP contribution < -0.4 is 36.9 Å². The largest absolute Gasteiger partial charge is 0.481 e. The van der Waals surface area contributed by atoms with Crippen molar-refractivity contribution in [3.63, 3.8) is 0 Å². The standard InChI is InChI=1S/C41H51N11O10S2/c1-24-41(61)51-21-26(62-22-25-19-43-28-8-3-2-7-27(25)28)17-32(51)40(60)49-31(37(42)57)23-64-63-16-11-33(53)47-29(9-4-5-13-50-14-15-52-35(50)10-6-12-45-52)38(58)44-20-34(54)48-30(18-36(55)56)39(59)46-24/h2-3,6-8,10,12,14-15,19,24,26,29-32,43H,4-5,9,11,13,16-18,20-23H2,1H3,(H7-,42,44,46,47,48,49,53,54,55,56,57,58,59,60)/p+1/t24-,26?,29-,30-,31?,32?/m0/s1. The number of aryl methyl sites for hydroxylation is 1. The molecule has 342 valence electrons. The Morgan fingerprint density at radius 3 is 2.55 bits per heavy atom. The second-order valence-corrected chi connectivity index (χ2v) is 18.1. The summed E-state index contributed by atoms with van der Waals surface area (Å²) in [7, 11) is 2.45. The first-order chi connectivity index (χ1) is 30.8. The molecule has 3 unspecified atom stereocenters. The number of nitrogens with zero attached hydrogens (tertiary/aromatic N) is 4. The Kier molecular flexibility index (Phi) is 16.6. The number of amides is 7. The van der Waals surface area contributed by atoms with Gasteiger partial charge in [0, 0.05) is 59.6 Å². The van der Waals surface area contributed by atoms with Gasteiger partial charge in [0.1, 0.15) is 36.4 Å². The normalized spacial score (nSPS) is 23.7. The third-order valence-corrected chi connectivity index (χ3v) is 13.2. The molecule has 2 fully saturated rings. The molecule has 7 amide bonds. The van der Waals surface area contributed by atoms with Gasteiger partial charge in [0.15, 0.2) is 6.20 Å². The molecule has 6 atom stereocenters. The Bertz CT molecular complexity index is 2360. The fourth-order valence-corrected chi connectivity index (χ4v) is 9.64. The van der Waals surface area contributed by atoms with Gasteiger partial charge in [-0.1, -0.05) is 44.9 Å². The molecule has 0 saturated carbocycles. The predicted octanol–water partition coefficient (Wildman–Crippen LogP) is -0.720. The summed E-state index contributed by atoms with van der Waals surface area (Å²) in [5.41, 5.74) is 8.32. The Morgan fingerprint density at radius 2 is 1.75 bits per heavy atom.